The summed E-state index contributed by atoms with van der Waals surface area (Å²) in [6.45, 7) is 0. The molecule has 2 fully saturated rings. The first-order valence-electron chi connectivity index (χ1n) is 14.2. The summed E-state index contributed by atoms with van der Waals surface area (Å²) in [6.07, 6.45) is 0.881. The van der Waals surface area contributed by atoms with Gasteiger partial charge in [-0.2, -0.15) is 5.10 Å². The Kier molecular flexibility index (Phi) is 8.25. The molecule has 45 heavy (non-hydrogen) atoms. The molecule has 6 rings (SSSR count). The average Bonchev–Trinajstić information content (AvgIpc) is 3.60. The van der Waals surface area contributed by atoms with Crippen LogP contribution in [0.2, 0.25) is 5.02 Å². The van der Waals surface area contributed by atoms with Crippen molar-refractivity contribution < 1.29 is 37.3 Å². The van der Waals surface area contributed by atoms with Crippen LogP contribution in [0.3, 0.4) is 0 Å². The number of benzene rings is 2. The average molecular weight is 659 g/mol. The van der Waals surface area contributed by atoms with Gasteiger partial charge in [-0.1, -0.05) is 17.7 Å². The number of carbonyl (C=O) groups is 1. The molecule has 0 saturated heterocycles. The standard InChI is InChI=1S/C31H29ClF2N4O6S/c32-22-9-5-17(30(41)36-20-8-10-23(33)24(34)16-20)13-26(22)45(43,44)21-14-18-6-7-19(15-21)31(18,42)29(40)28(39)25-3-1-4-27(37-25)38-12-2-11-35-38/h1-5,8-13,16,18-19,21,28-29,39-40,42H,6-7,14-15H2,(H,36,41). The van der Waals surface area contributed by atoms with E-state index in [2.05, 4.69) is 15.4 Å². The molecular weight excluding hydrogens is 630 g/mol. The van der Waals surface area contributed by atoms with Crippen LogP contribution in [0, 0.1) is 23.5 Å². The van der Waals surface area contributed by atoms with Crippen LogP contribution in [0.25, 0.3) is 5.82 Å². The van der Waals surface area contributed by atoms with E-state index in [0.29, 0.717) is 18.7 Å². The van der Waals surface area contributed by atoms with Gasteiger partial charge in [-0.25, -0.2) is 26.9 Å². The van der Waals surface area contributed by atoms with E-state index in [-0.39, 0.29) is 39.7 Å². The van der Waals surface area contributed by atoms with Crippen LogP contribution in [-0.4, -0.2) is 61.4 Å². The van der Waals surface area contributed by atoms with Crippen LogP contribution in [0.15, 0.2) is 78.0 Å². The molecule has 10 nitrogen and oxygen atoms in total. The summed E-state index contributed by atoms with van der Waals surface area (Å²) in [6, 6.07) is 13.1. The van der Waals surface area contributed by atoms with E-state index in [1.807, 2.05) is 0 Å². The summed E-state index contributed by atoms with van der Waals surface area (Å²) < 4.78 is 56.2. The topological polar surface area (TPSA) is 155 Å². The highest BCUT2D eigenvalue weighted by atomic mass is 35.5. The van der Waals surface area contributed by atoms with Gasteiger partial charge in [-0.3, -0.25) is 4.79 Å². The number of nitrogens with one attached hydrogen (secondary N) is 1. The van der Waals surface area contributed by atoms with Gasteiger partial charge in [-0.15, -0.1) is 0 Å². The zero-order chi connectivity index (χ0) is 32.1. The van der Waals surface area contributed by atoms with E-state index in [1.165, 1.54) is 28.9 Å². The first-order valence-corrected chi connectivity index (χ1v) is 16.2. The maximum atomic E-state index is 13.9. The van der Waals surface area contributed by atoms with E-state index in [1.54, 1.807) is 30.6 Å². The molecule has 236 valence electrons. The van der Waals surface area contributed by atoms with Crippen LogP contribution in [0.4, 0.5) is 14.5 Å². The zero-order valence-electron chi connectivity index (χ0n) is 23.6. The lowest BCUT2D eigenvalue weighted by atomic mass is 9.69. The fourth-order valence-corrected chi connectivity index (χ4v) is 9.05. The van der Waals surface area contributed by atoms with Crippen molar-refractivity contribution >= 4 is 33.0 Å². The highest BCUT2D eigenvalue weighted by Gasteiger charge is 2.60. The number of aliphatic hydroxyl groups is 3. The van der Waals surface area contributed by atoms with Crippen molar-refractivity contribution in [1.29, 1.82) is 0 Å². The first kappa shape index (κ1) is 31.2. The normalized spacial score (nSPS) is 24.3. The van der Waals surface area contributed by atoms with Crippen LogP contribution in [0.1, 0.15) is 47.8 Å². The van der Waals surface area contributed by atoms with Gasteiger partial charge in [-0.05, 0) is 86.1 Å². The molecule has 14 heteroatoms. The molecule has 2 aromatic heterocycles. The van der Waals surface area contributed by atoms with E-state index in [4.69, 9.17) is 11.6 Å². The molecule has 0 radical (unpaired) electrons. The Morgan fingerprint density at radius 1 is 1.02 bits per heavy atom. The highest BCUT2D eigenvalue weighted by Crippen LogP contribution is 2.55. The lowest BCUT2D eigenvalue weighted by molar-refractivity contribution is -0.178. The molecule has 2 heterocycles. The van der Waals surface area contributed by atoms with Gasteiger partial charge < -0.3 is 20.6 Å². The summed E-state index contributed by atoms with van der Waals surface area (Å²) in [5, 5.41) is 39.8. The fourth-order valence-electron chi connectivity index (χ4n) is 6.65. The van der Waals surface area contributed by atoms with E-state index >= 15 is 0 Å². The van der Waals surface area contributed by atoms with Crippen molar-refractivity contribution in [3.63, 3.8) is 0 Å². The van der Waals surface area contributed by atoms with Crippen molar-refractivity contribution in [3.05, 3.63) is 101 Å². The molecular formula is C31H29ClF2N4O6S. The zero-order valence-corrected chi connectivity index (χ0v) is 25.2. The third-order valence-electron chi connectivity index (χ3n) is 8.95. The molecule has 4 unspecified atom stereocenters. The lowest BCUT2D eigenvalue weighted by Crippen LogP contribution is -2.57. The van der Waals surface area contributed by atoms with Gasteiger partial charge in [0.05, 0.1) is 26.5 Å². The van der Waals surface area contributed by atoms with Gasteiger partial charge in [0.25, 0.3) is 5.91 Å². The van der Waals surface area contributed by atoms with Gasteiger partial charge in [0.1, 0.15) is 12.2 Å². The van der Waals surface area contributed by atoms with Crippen molar-refractivity contribution in [3.8, 4) is 5.82 Å². The number of aliphatic hydroxyl groups excluding tert-OH is 2. The number of amides is 1. The molecule has 2 aliphatic rings. The van der Waals surface area contributed by atoms with Gasteiger partial charge >= 0.3 is 0 Å². The van der Waals surface area contributed by atoms with E-state index in [9.17, 15) is 37.3 Å². The number of rotatable bonds is 8. The van der Waals surface area contributed by atoms with Crippen molar-refractivity contribution in [2.45, 2.75) is 53.6 Å². The lowest BCUT2D eigenvalue weighted by Gasteiger charge is -2.46. The quantitative estimate of drug-likeness (QED) is 0.219. The Balaban J connectivity index is 1.21. The number of anilines is 1. The summed E-state index contributed by atoms with van der Waals surface area (Å²) in [7, 11) is -4.14. The maximum Gasteiger partial charge on any atom is 0.255 e. The van der Waals surface area contributed by atoms with E-state index in [0.717, 1.165) is 18.2 Å². The summed E-state index contributed by atoms with van der Waals surface area (Å²) in [4.78, 5) is 17.0. The monoisotopic (exact) mass is 658 g/mol. The highest BCUT2D eigenvalue weighted by molar-refractivity contribution is 7.92. The second kappa shape index (κ2) is 11.9. The van der Waals surface area contributed by atoms with Crippen molar-refractivity contribution in [2.24, 2.45) is 11.8 Å². The summed E-state index contributed by atoms with van der Waals surface area (Å²) >= 11 is 6.32. The second-order valence-corrected chi connectivity index (χ2v) is 14.1. The van der Waals surface area contributed by atoms with Crippen LogP contribution in [0.5, 0.6) is 0 Å². The Bertz CT molecular complexity index is 1840. The predicted octanol–water partition coefficient (Wildman–Crippen LogP) is 4.24. The van der Waals surface area contributed by atoms with Crippen molar-refractivity contribution in [1.82, 2.24) is 14.8 Å². The molecule has 4 aromatic rings. The maximum absolute atomic E-state index is 13.9. The second-order valence-electron chi connectivity index (χ2n) is 11.5. The molecule has 4 atom stereocenters. The summed E-state index contributed by atoms with van der Waals surface area (Å²) in [5.41, 5.74) is -1.74. The minimum atomic E-state index is -4.14. The number of pyridine rings is 1. The number of carbonyl (C=O) groups excluding carboxylic acids is 1. The Labute approximate surface area is 262 Å². The number of halogens is 3. The number of aromatic nitrogens is 3. The summed E-state index contributed by atoms with van der Waals surface area (Å²) in [5.74, 6) is -3.90. The van der Waals surface area contributed by atoms with Gasteiger partial charge in [0, 0.05) is 29.7 Å². The number of hydrogen-bond donors (Lipinski definition) is 4. The Hall–Kier alpha value is -3.75. The number of nitrogens with zero attached hydrogens (tertiary/aromatic N) is 3. The third-order valence-corrected chi connectivity index (χ3v) is 11.6. The molecule has 4 N–H and O–H groups in total. The Morgan fingerprint density at radius 2 is 1.76 bits per heavy atom. The fraction of sp³-hybridized carbons (Fsp3) is 0.323. The molecule has 1 amide bonds. The molecule has 2 aliphatic carbocycles. The third kappa shape index (κ3) is 5.63. The van der Waals surface area contributed by atoms with E-state index < -0.39 is 62.3 Å². The number of fused-ring (bicyclic) bond motifs is 2. The number of sulfone groups is 1. The SMILES string of the molecule is O=C(Nc1ccc(F)c(F)c1)c1ccc(Cl)c(S(=O)(=O)C2CC3CCC(C2)C3(O)C(O)C(O)c2cccc(-n3cccn3)n2)c1. The molecule has 2 aromatic carbocycles. The minimum absolute atomic E-state index is 0.0124. The van der Waals surface area contributed by atoms with Crippen molar-refractivity contribution in [2.75, 3.05) is 5.32 Å². The smallest absolute Gasteiger partial charge is 0.255 e. The molecule has 2 bridgehead atoms. The van der Waals surface area contributed by atoms with Crippen LogP contribution in [-0.2, 0) is 9.84 Å². The molecule has 0 spiro atoms. The predicted molar refractivity (Wildman–Crippen MR) is 159 cm³/mol. The van der Waals surface area contributed by atoms with Crippen LogP contribution >= 0.6 is 11.6 Å². The minimum Gasteiger partial charge on any atom is -0.387 e. The largest absolute Gasteiger partial charge is 0.387 e. The molecule has 0 aliphatic heterocycles. The van der Waals surface area contributed by atoms with Crippen LogP contribution < -0.4 is 5.32 Å². The first-order chi connectivity index (χ1) is 21.4. The Morgan fingerprint density at radius 3 is 2.42 bits per heavy atom. The number of hydrogen-bond acceptors (Lipinski definition) is 8. The van der Waals surface area contributed by atoms with Gasteiger partial charge in [0.2, 0.25) is 0 Å². The van der Waals surface area contributed by atoms with Gasteiger partial charge in [0.15, 0.2) is 27.3 Å². The molecule has 2 saturated carbocycles.